The first-order valence-electron chi connectivity index (χ1n) is 9.69. The van der Waals surface area contributed by atoms with E-state index < -0.39 is 11.9 Å². The number of carbonyl (C=O) groups is 2. The van der Waals surface area contributed by atoms with Gasteiger partial charge in [0.15, 0.2) is 0 Å². The van der Waals surface area contributed by atoms with E-state index in [1.165, 1.54) is 6.07 Å². The van der Waals surface area contributed by atoms with Crippen LogP contribution in [0.15, 0.2) is 54.6 Å². The van der Waals surface area contributed by atoms with E-state index in [9.17, 15) is 14.0 Å². The standard InChI is InChI=1S/C19H19FN2O.C4H4O4/c1-21-8-10-22(11-9-21)17-12-14-4-2-3-5-18(14)23-19-7-6-15(20)13-16(17)19;5-3(6)1-2-4(7)8/h2-7,12-13H,8-11H2,1H3;1-2H,(H,5,6)(H,7,8). The van der Waals surface area contributed by atoms with Crippen LogP contribution in [0.25, 0.3) is 11.8 Å². The third kappa shape index (κ3) is 5.93. The number of para-hydroxylation sites is 1. The van der Waals surface area contributed by atoms with Crippen LogP contribution in [0.1, 0.15) is 11.1 Å². The number of piperazine rings is 1. The van der Waals surface area contributed by atoms with Crippen molar-refractivity contribution in [3.05, 3.63) is 71.6 Å². The minimum atomic E-state index is -1.26. The Balaban J connectivity index is 0.000000293. The number of aliphatic carboxylic acids is 2. The summed E-state index contributed by atoms with van der Waals surface area (Å²) in [5.74, 6) is -1.23. The predicted octanol–water partition coefficient (Wildman–Crippen LogP) is 3.39. The van der Waals surface area contributed by atoms with E-state index in [2.05, 4.69) is 22.9 Å². The highest BCUT2D eigenvalue weighted by molar-refractivity contribution is 5.89. The van der Waals surface area contributed by atoms with Gasteiger partial charge < -0.3 is 24.7 Å². The van der Waals surface area contributed by atoms with Crippen molar-refractivity contribution in [1.29, 1.82) is 0 Å². The number of nitrogens with zero attached hydrogens (tertiary/aromatic N) is 2. The van der Waals surface area contributed by atoms with E-state index in [0.29, 0.717) is 17.9 Å². The summed E-state index contributed by atoms with van der Waals surface area (Å²) in [6.07, 6.45) is 3.23. The molecule has 7 nitrogen and oxygen atoms in total. The monoisotopic (exact) mass is 426 g/mol. The Morgan fingerprint density at radius 3 is 2.26 bits per heavy atom. The molecule has 0 radical (unpaired) electrons. The molecule has 0 atom stereocenters. The molecular formula is C23H23FN2O5. The summed E-state index contributed by atoms with van der Waals surface area (Å²) in [7, 11) is 2.13. The zero-order chi connectivity index (χ0) is 22.4. The van der Waals surface area contributed by atoms with Gasteiger partial charge in [-0.2, -0.15) is 0 Å². The highest BCUT2D eigenvalue weighted by Gasteiger charge is 2.23. The molecule has 31 heavy (non-hydrogen) atoms. The molecule has 0 unspecified atom stereocenters. The number of likely N-dealkylation sites (N-methyl/N-ethyl adjacent to an activating group) is 1. The molecule has 2 N–H and O–H groups in total. The lowest BCUT2D eigenvalue weighted by atomic mass is 10.1. The molecule has 0 bridgehead atoms. The molecule has 2 aliphatic heterocycles. The summed E-state index contributed by atoms with van der Waals surface area (Å²) in [5, 5.41) is 15.6. The molecule has 8 heteroatoms. The van der Waals surface area contributed by atoms with Crippen LogP contribution in [0.5, 0.6) is 11.5 Å². The summed E-state index contributed by atoms with van der Waals surface area (Å²) >= 11 is 0. The first-order chi connectivity index (χ1) is 14.8. The number of hydrogen-bond acceptors (Lipinski definition) is 5. The molecule has 0 amide bonds. The molecule has 0 aliphatic carbocycles. The summed E-state index contributed by atoms with van der Waals surface area (Å²) in [6, 6.07) is 12.7. The molecular weight excluding hydrogens is 403 g/mol. The lowest BCUT2D eigenvalue weighted by molar-refractivity contribution is -0.134. The van der Waals surface area contributed by atoms with Crippen molar-refractivity contribution in [2.45, 2.75) is 0 Å². The fraction of sp³-hybridized carbons (Fsp3) is 0.217. The minimum Gasteiger partial charge on any atom is -0.478 e. The molecule has 0 aromatic heterocycles. The Kier molecular flexibility index (Phi) is 7.04. The number of hydrogen-bond donors (Lipinski definition) is 2. The van der Waals surface area contributed by atoms with Gasteiger partial charge in [-0.1, -0.05) is 18.2 Å². The average Bonchev–Trinajstić information content (AvgIpc) is 2.90. The second-order valence-corrected chi connectivity index (χ2v) is 7.11. The second-order valence-electron chi connectivity index (χ2n) is 7.11. The van der Waals surface area contributed by atoms with Gasteiger partial charge in [-0.3, -0.25) is 0 Å². The number of benzene rings is 2. The van der Waals surface area contributed by atoms with Gasteiger partial charge in [0.2, 0.25) is 0 Å². The molecule has 0 saturated carbocycles. The van der Waals surface area contributed by atoms with Crippen molar-refractivity contribution in [3.63, 3.8) is 0 Å². The van der Waals surface area contributed by atoms with Crippen molar-refractivity contribution in [2.24, 2.45) is 0 Å². The smallest absolute Gasteiger partial charge is 0.328 e. The molecule has 1 saturated heterocycles. The highest BCUT2D eigenvalue weighted by atomic mass is 19.1. The lowest BCUT2D eigenvalue weighted by Gasteiger charge is -2.35. The number of carboxylic acid groups (broad SMARTS) is 2. The Labute approximate surface area is 179 Å². The van der Waals surface area contributed by atoms with Crippen molar-refractivity contribution < 1.29 is 28.9 Å². The van der Waals surface area contributed by atoms with Crippen molar-refractivity contribution in [1.82, 2.24) is 9.80 Å². The summed E-state index contributed by atoms with van der Waals surface area (Å²) in [6.45, 7) is 3.87. The van der Waals surface area contributed by atoms with Crippen molar-refractivity contribution in [3.8, 4) is 11.5 Å². The number of fused-ring (bicyclic) bond motifs is 2. The van der Waals surface area contributed by atoms with Crippen LogP contribution >= 0.6 is 0 Å². The van der Waals surface area contributed by atoms with E-state index in [-0.39, 0.29) is 5.82 Å². The Morgan fingerprint density at radius 1 is 0.968 bits per heavy atom. The molecule has 0 spiro atoms. The van der Waals surface area contributed by atoms with Gasteiger partial charge in [0.05, 0.1) is 0 Å². The maximum Gasteiger partial charge on any atom is 0.328 e. The van der Waals surface area contributed by atoms with Gasteiger partial charge in [-0.15, -0.1) is 0 Å². The van der Waals surface area contributed by atoms with Gasteiger partial charge in [0, 0.05) is 55.2 Å². The lowest BCUT2D eigenvalue weighted by Crippen LogP contribution is -2.43. The normalized spacial score (nSPS) is 15.5. The SMILES string of the molecule is CN1CCN(C2=Cc3ccccc3Oc3ccc(F)cc32)CC1.O=C(O)C=CC(=O)O. The molecule has 162 valence electrons. The molecule has 2 heterocycles. The Hall–Kier alpha value is -3.65. The molecule has 2 aromatic rings. The molecule has 2 aliphatic rings. The first-order valence-corrected chi connectivity index (χ1v) is 9.69. The van der Waals surface area contributed by atoms with Crippen LogP contribution in [0.3, 0.4) is 0 Å². The van der Waals surface area contributed by atoms with Gasteiger partial charge in [-0.05, 0) is 37.4 Å². The average molecular weight is 426 g/mol. The van der Waals surface area contributed by atoms with E-state index in [1.54, 1.807) is 12.1 Å². The number of ether oxygens (including phenoxy) is 1. The van der Waals surface area contributed by atoms with Crippen LogP contribution < -0.4 is 4.74 Å². The topological polar surface area (TPSA) is 90.3 Å². The third-order valence-electron chi connectivity index (χ3n) is 4.86. The van der Waals surface area contributed by atoms with Crippen LogP contribution in [-0.4, -0.2) is 65.2 Å². The maximum atomic E-state index is 13.8. The van der Waals surface area contributed by atoms with Crippen LogP contribution in [0, 0.1) is 5.82 Å². The zero-order valence-electron chi connectivity index (χ0n) is 17.0. The summed E-state index contributed by atoms with van der Waals surface area (Å²) in [5.41, 5.74) is 2.89. The molecule has 4 rings (SSSR count). The van der Waals surface area contributed by atoms with E-state index >= 15 is 0 Å². The summed E-state index contributed by atoms with van der Waals surface area (Å²) < 4.78 is 19.9. The van der Waals surface area contributed by atoms with Gasteiger partial charge >= 0.3 is 11.9 Å². The number of rotatable bonds is 3. The number of carboxylic acids is 2. The van der Waals surface area contributed by atoms with Crippen molar-refractivity contribution >= 4 is 23.7 Å². The Bertz CT molecular complexity index is 1010. The zero-order valence-corrected chi connectivity index (χ0v) is 17.0. The molecule has 2 aromatic carbocycles. The number of halogens is 1. The fourth-order valence-electron chi connectivity index (χ4n) is 3.28. The maximum absolute atomic E-state index is 13.8. The van der Waals surface area contributed by atoms with Gasteiger partial charge in [0.25, 0.3) is 0 Å². The van der Waals surface area contributed by atoms with Crippen molar-refractivity contribution in [2.75, 3.05) is 33.2 Å². The van der Waals surface area contributed by atoms with Crippen LogP contribution in [0.4, 0.5) is 4.39 Å². The van der Waals surface area contributed by atoms with Crippen LogP contribution in [0.2, 0.25) is 0 Å². The van der Waals surface area contributed by atoms with E-state index in [0.717, 1.165) is 48.8 Å². The Morgan fingerprint density at radius 2 is 1.61 bits per heavy atom. The summed E-state index contributed by atoms with van der Waals surface area (Å²) in [4.78, 5) is 23.7. The van der Waals surface area contributed by atoms with Crippen LogP contribution in [-0.2, 0) is 9.59 Å². The van der Waals surface area contributed by atoms with E-state index in [1.807, 2.05) is 24.3 Å². The largest absolute Gasteiger partial charge is 0.478 e. The first kappa shape index (κ1) is 22.0. The minimum absolute atomic E-state index is 0.238. The van der Waals surface area contributed by atoms with E-state index in [4.69, 9.17) is 14.9 Å². The van der Waals surface area contributed by atoms with Gasteiger partial charge in [0.1, 0.15) is 17.3 Å². The fourth-order valence-corrected chi connectivity index (χ4v) is 3.28. The van der Waals surface area contributed by atoms with Gasteiger partial charge in [-0.25, -0.2) is 14.0 Å². The highest BCUT2D eigenvalue weighted by Crippen LogP contribution is 2.39. The quantitative estimate of drug-likeness (QED) is 0.727. The predicted molar refractivity (Wildman–Crippen MR) is 114 cm³/mol. The second kappa shape index (κ2) is 9.90. The molecule has 1 fully saturated rings. The third-order valence-corrected chi connectivity index (χ3v) is 4.86.